The average Bonchev–Trinajstić information content (AvgIpc) is 2.72. The fraction of sp³-hybridized carbons (Fsp3) is 0. The second kappa shape index (κ2) is 6.91. The zero-order chi connectivity index (χ0) is 18.5. The van der Waals surface area contributed by atoms with Crippen molar-refractivity contribution in [3.05, 3.63) is 55.4 Å². The first-order valence-electron chi connectivity index (χ1n) is 6.58. The van der Waals surface area contributed by atoms with E-state index in [4.69, 9.17) is 75.6 Å². The Balaban J connectivity index is 2.10. The fourth-order valence-electron chi connectivity index (χ4n) is 2.29. The summed E-state index contributed by atoms with van der Waals surface area (Å²) in [4.78, 5) is 15.1. The molecule has 2 aromatic carbocycles. The maximum Gasteiger partial charge on any atom is 0.340 e. The van der Waals surface area contributed by atoms with Crippen molar-refractivity contribution in [1.29, 1.82) is 5.41 Å². The Kier molecular flexibility index (Phi) is 5.17. The molecule has 3 rings (SSSR count). The van der Waals surface area contributed by atoms with E-state index in [0.717, 1.165) is 9.80 Å². The number of nitrogens with zero attached hydrogens (tertiary/aromatic N) is 2. The van der Waals surface area contributed by atoms with Gasteiger partial charge in [0.05, 0.1) is 26.4 Å². The number of carbonyl (C=O) groups is 1. The Morgan fingerprint density at radius 2 is 1.36 bits per heavy atom. The summed E-state index contributed by atoms with van der Waals surface area (Å²) >= 11 is 35.3. The highest BCUT2D eigenvalue weighted by atomic mass is 35.5. The number of anilines is 2. The first-order chi connectivity index (χ1) is 11.7. The summed E-state index contributed by atoms with van der Waals surface area (Å²) < 4.78 is 0. The average molecular weight is 454 g/mol. The molecule has 0 aromatic heterocycles. The lowest BCUT2D eigenvalue weighted by molar-refractivity contribution is 0.257. The maximum atomic E-state index is 12.9. The first-order valence-corrected chi connectivity index (χ1v) is 8.88. The van der Waals surface area contributed by atoms with Gasteiger partial charge in [-0.05, 0) is 30.3 Å². The van der Waals surface area contributed by atoms with E-state index in [1.165, 1.54) is 30.3 Å². The summed E-state index contributed by atoms with van der Waals surface area (Å²) in [5.41, 5.74) is 0.542. The van der Waals surface area contributed by atoms with Gasteiger partial charge in [0.25, 0.3) is 0 Å². The van der Waals surface area contributed by atoms with E-state index in [0.29, 0.717) is 15.7 Å². The number of thiocarbonyl (C=S) groups is 1. The zero-order valence-corrected chi connectivity index (χ0v) is 16.6. The molecule has 0 unspecified atom stereocenters. The van der Waals surface area contributed by atoms with E-state index in [1.54, 1.807) is 0 Å². The van der Waals surface area contributed by atoms with Crippen LogP contribution in [0.4, 0.5) is 16.2 Å². The highest BCUT2D eigenvalue weighted by Crippen LogP contribution is 2.38. The van der Waals surface area contributed by atoms with Crippen LogP contribution in [0.5, 0.6) is 0 Å². The molecule has 2 amide bonds. The van der Waals surface area contributed by atoms with Crippen LogP contribution in [0.3, 0.4) is 0 Å². The number of hydrogen-bond acceptors (Lipinski definition) is 3. The smallest absolute Gasteiger partial charge is 0.281 e. The minimum atomic E-state index is -0.603. The van der Waals surface area contributed by atoms with Gasteiger partial charge in [-0.15, -0.1) is 0 Å². The van der Waals surface area contributed by atoms with E-state index >= 15 is 0 Å². The van der Waals surface area contributed by atoms with E-state index in [2.05, 4.69) is 0 Å². The van der Waals surface area contributed by atoms with E-state index < -0.39 is 6.03 Å². The summed E-state index contributed by atoms with van der Waals surface area (Å²) in [6, 6.07) is 6.75. The normalized spacial score (nSPS) is 14.7. The van der Waals surface area contributed by atoms with Gasteiger partial charge in [0.15, 0.2) is 10.8 Å². The van der Waals surface area contributed by atoms with E-state index in [1.807, 2.05) is 0 Å². The maximum absolute atomic E-state index is 12.9. The Labute approximate surface area is 173 Å². The molecule has 0 saturated carbocycles. The van der Waals surface area contributed by atoms with Crippen molar-refractivity contribution < 1.29 is 4.79 Å². The van der Waals surface area contributed by atoms with Crippen LogP contribution in [0, 0.1) is 5.41 Å². The largest absolute Gasteiger partial charge is 0.340 e. The molecule has 0 radical (unpaired) electrons. The fourth-order valence-corrected chi connectivity index (χ4v) is 3.70. The summed E-state index contributed by atoms with van der Waals surface area (Å²) in [5.74, 6) is -0.226. The van der Waals surface area contributed by atoms with Gasteiger partial charge in [-0.3, -0.25) is 5.41 Å². The van der Waals surface area contributed by atoms with Crippen molar-refractivity contribution in [2.45, 2.75) is 0 Å². The summed E-state index contributed by atoms with van der Waals surface area (Å²) in [6.07, 6.45) is 0. The molecule has 0 atom stereocenters. The molecular formula is C15H6Cl5N3OS. The molecule has 25 heavy (non-hydrogen) atoms. The lowest BCUT2D eigenvalue weighted by atomic mass is 10.3. The van der Waals surface area contributed by atoms with Crippen molar-refractivity contribution in [1.82, 2.24) is 0 Å². The molecule has 0 spiro atoms. The van der Waals surface area contributed by atoms with Crippen LogP contribution in [0.1, 0.15) is 0 Å². The monoisotopic (exact) mass is 451 g/mol. The van der Waals surface area contributed by atoms with Crippen LogP contribution in [0.25, 0.3) is 0 Å². The Bertz CT molecular complexity index is 929. The van der Waals surface area contributed by atoms with Gasteiger partial charge >= 0.3 is 6.03 Å². The molecule has 1 aliphatic heterocycles. The van der Waals surface area contributed by atoms with Crippen LogP contribution in [0.15, 0.2) is 30.3 Å². The van der Waals surface area contributed by atoms with Crippen LogP contribution >= 0.6 is 70.2 Å². The Hall–Kier alpha value is -1.08. The molecule has 0 aliphatic carbocycles. The molecule has 1 aliphatic rings. The molecule has 2 aromatic rings. The number of rotatable bonds is 2. The highest BCUT2D eigenvalue weighted by Gasteiger charge is 2.41. The minimum Gasteiger partial charge on any atom is -0.281 e. The van der Waals surface area contributed by atoms with Crippen molar-refractivity contribution >= 4 is 98.5 Å². The molecule has 1 N–H and O–H groups in total. The third-order valence-corrected chi connectivity index (χ3v) is 5.19. The molecule has 1 heterocycles. The second-order valence-corrected chi connectivity index (χ2v) is 7.43. The molecule has 10 heteroatoms. The van der Waals surface area contributed by atoms with Crippen molar-refractivity contribution in [3.63, 3.8) is 0 Å². The number of amides is 2. The lowest BCUT2D eigenvalue weighted by Gasteiger charge is -2.19. The number of carbonyl (C=O) groups excluding carboxylic acids is 1. The summed E-state index contributed by atoms with van der Waals surface area (Å²) in [5, 5.41) is 9.44. The quantitative estimate of drug-likeness (QED) is 0.406. The van der Waals surface area contributed by atoms with Gasteiger partial charge < -0.3 is 0 Å². The number of halogens is 5. The molecule has 128 valence electrons. The Morgan fingerprint density at radius 1 is 0.800 bits per heavy atom. The predicted molar refractivity (Wildman–Crippen MR) is 109 cm³/mol. The highest BCUT2D eigenvalue weighted by molar-refractivity contribution is 7.82. The molecule has 0 bridgehead atoms. The second-order valence-electron chi connectivity index (χ2n) is 4.95. The van der Waals surface area contributed by atoms with Gasteiger partial charge in [0, 0.05) is 10.0 Å². The minimum absolute atomic E-state index is 0.0227. The third kappa shape index (κ3) is 3.33. The molecular weight excluding hydrogens is 448 g/mol. The first kappa shape index (κ1) is 18.7. The number of benzene rings is 2. The number of urea groups is 1. The van der Waals surface area contributed by atoms with Gasteiger partial charge in [0.1, 0.15) is 0 Å². The van der Waals surface area contributed by atoms with Crippen LogP contribution in [-0.2, 0) is 0 Å². The van der Waals surface area contributed by atoms with Crippen LogP contribution in [0.2, 0.25) is 25.1 Å². The standard InChI is InChI=1S/C15H6Cl5N3OS/c16-6-1-7(17)3-8(2-6)22-14(25)13(21)23(15(22)24)12-5-10(19)9(18)4-11(12)20/h1-5,21H. The lowest BCUT2D eigenvalue weighted by Crippen LogP contribution is -2.33. The van der Waals surface area contributed by atoms with E-state index in [9.17, 15) is 4.79 Å². The van der Waals surface area contributed by atoms with Crippen molar-refractivity contribution in [2.75, 3.05) is 9.80 Å². The summed E-state index contributed by atoms with van der Waals surface area (Å²) in [7, 11) is 0. The summed E-state index contributed by atoms with van der Waals surface area (Å²) in [6.45, 7) is 0. The van der Waals surface area contributed by atoms with Gasteiger partial charge in [0.2, 0.25) is 0 Å². The van der Waals surface area contributed by atoms with Crippen LogP contribution < -0.4 is 9.80 Å². The van der Waals surface area contributed by atoms with Gasteiger partial charge in [-0.1, -0.05) is 70.2 Å². The molecule has 1 fully saturated rings. The topological polar surface area (TPSA) is 47.4 Å². The number of hydrogen-bond donors (Lipinski definition) is 1. The molecule has 4 nitrogen and oxygen atoms in total. The SMILES string of the molecule is N=C1C(=S)N(c2cc(Cl)cc(Cl)c2)C(=O)N1c1cc(Cl)c(Cl)cc1Cl. The van der Waals surface area contributed by atoms with Gasteiger partial charge in [-0.25, -0.2) is 14.6 Å². The number of amidine groups is 1. The van der Waals surface area contributed by atoms with Crippen molar-refractivity contribution in [2.24, 2.45) is 0 Å². The third-order valence-electron chi connectivity index (χ3n) is 3.35. The zero-order valence-electron chi connectivity index (χ0n) is 12.0. The van der Waals surface area contributed by atoms with Crippen molar-refractivity contribution in [3.8, 4) is 0 Å². The van der Waals surface area contributed by atoms with Gasteiger partial charge in [-0.2, -0.15) is 0 Å². The predicted octanol–water partition coefficient (Wildman–Crippen LogP) is 6.70. The van der Waals surface area contributed by atoms with E-state index in [-0.39, 0.29) is 31.6 Å². The molecule has 1 saturated heterocycles. The number of nitrogens with one attached hydrogen (secondary N) is 1. The Morgan fingerprint density at radius 3 is 1.96 bits per heavy atom. The van der Waals surface area contributed by atoms with Crippen LogP contribution in [-0.4, -0.2) is 16.9 Å².